The smallest absolute Gasteiger partial charge is 0.250 e. The van der Waals surface area contributed by atoms with Crippen molar-refractivity contribution in [2.75, 3.05) is 5.32 Å². The van der Waals surface area contributed by atoms with Gasteiger partial charge in [-0.05, 0) is 30.3 Å². The molecule has 0 aliphatic rings. The summed E-state index contributed by atoms with van der Waals surface area (Å²) in [6.07, 6.45) is 1.74. The lowest BCUT2D eigenvalue weighted by molar-refractivity contribution is 0.100. The molecule has 0 bridgehead atoms. The third-order valence-corrected chi connectivity index (χ3v) is 2.75. The predicted molar refractivity (Wildman–Crippen MR) is 71.5 cm³/mol. The third-order valence-electron chi connectivity index (χ3n) is 2.43. The Balaban J connectivity index is 2.07. The zero-order valence-electron chi connectivity index (χ0n) is 9.56. The summed E-state index contributed by atoms with van der Waals surface area (Å²) in [6, 6.07) is 10.7. The summed E-state index contributed by atoms with van der Waals surface area (Å²) in [5, 5.41) is 3.51. The molecule has 1 aromatic heterocycles. The molecule has 2 aromatic rings. The van der Waals surface area contributed by atoms with Crippen LogP contribution in [0.3, 0.4) is 0 Å². The first-order valence-electron chi connectivity index (χ1n) is 5.40. The number of primary amides is 1. The number of nitrogens with one attached hydrogen (secondary N) is 1. The van der Waals surface area contributed by atoms with E-state index in [4.69, 9.17) is 17.3 Å². The highest BCUT2D eigenvalue weighted by molar-refractivity contribution is 6.34. The number of aromatic nitrogens is 1. The van der Waals surface area contributed by atoms with Gasteiger partial charge in [0.05, 0.1) is 22.8 Å². The van der Waals surface area contributed by atoms with E-state index in [-0.39, 0.29) is 0 Å². The number of anilines is 1. The minimum absolute atomic E-state index is 0.319. The van der Waals surface area contributed by atoms with E-state index in [0.717, 1.165) is 11.4 Å². The molecule has 0 unspecified atom stereocenters. The first kappa shape index (κ1) is 12.4. The molecular weight excluding hydrogens is 250 g/mol. The van der Waals surface area contributed by atoms with Gasteiger partial charge in [0, 0.05) is 11.9 Å². The molecule has 2 rings (SSSR count). The monoisotopic (exact) mass is 261 g/mol. The van der Waals surface area contributed by atoms with Gasteiger partial charge in [0.1, 0.15) is 0 Å². The highest BCUT2D eigenvalue weighted by Gasteiger charge is 2.06. The summed E-state index contributed by atoms with van der Waals surface area (Å²) in [4.78, 5) is 15.2. The number of halogens is 1. The molecule has 0 atom stereocenters. The van der Waals surface area contributed by atoms with Crippen molar-refractivity contribution >= 4 is 23.2 Å². The molecule has 0 saturated heterocycles. The van der Waals surface area contributed by atoms with Crippen LogP contribution >= 0.6 is 11.6 Å². The van der Waals surface area contributed by atoms with Gasteiger partial charge in [-0.3, -0.25) is 9.78 Å². The van der Waals surface area contributed by atoms with Crippen molar-refractivity contribution in [2.45, 2.75) is 6.54 Å². The molecule has 0 aliphatic carbocycles. The number of hydrogen-bond donors (Lipinski definition) is 2. The third kappa shape index (κ3) is 2.99. The molecule has 0 fully saturated rings. The number of carbonyl (C=O) groups excluding carboxylic acids is 1. The average Bonchev–Trinajstić information content (AvgIpc) is 2.37. The van der Waals surface area contributed by atoms with Crippen LogP contribution in [0.1, 0.15) is 16.1 Å². The van der Waals surface area contributed by atoms with Crippen LogP contribution in [0.2, 0.25) is 5.02 Å². The van der Waals surface area contributed by atoms with E-state index < -0.39 is 5.91 Å². The normalized spacial score (nSPS) is 10.1. The molecule has 0 saturated carbocycles. The molecule has 92 valence electrons. The lowest BCUT2D eigenvalue weighted by Crippen LogP contribution is -2.11. The van der Waals surface area contributed by atoms with Gasteiger partial charge in [-0.25, -0.2) is 0 Å². The lowest BCUT2D eigenvalue weighted by Gasteiger charge is -2.07. The molecule has 1 amide bonds. The van der Waals surface area contributed by atoms with E-state index in [0.29, 0.717) is 17.1 Å². The second-order valence-electron chi connectivity index (χ2n) is 3.73. The SMILES string of the molecule is NC(=O)c1ccc(NCc2ccccn2)cc1Cl. The molecular formula is C13H12ClN3O. The molecule has 4 nitrogen and oxygen atoms in total. The van der Waals surface area contributed by atoms with Gasteiger partial charge >= 0.3 is 0 Å². The number of benzene rings is 1. The highest BCUT2D eigenvalue weighted by atomic mass is 35.5. The highest BCUT2D eigenvalue weighted by Crippen LogP contribution is 2.20. The number of hydrogen-bond acceptors (Lipinski definition) is 3. The maximum atomic E-state index is 11.0. The Morgan fingerprint density at radius 1 is 1.33 bits per heavy atom. The molecule has 1 aromatic carbocycles. The molecule has 0 radical (unpaired) electrons. The van der Waals surface area contributed by atoms with Crippen LogP contribution in [0.25, 0.3) is 0 Å². The number of carbonyl (C=O) groups is 1. The lowest BCUT2D eigenvalue weighted by atomic mass is 10.2. The summed E-state index contributed by atoms with van der Waals surface area (Å²) in [5.41, 5.74) is 7.23. The molecule has 1 heterocycles. The van der Waals surface area contributed by atoms with Crippen molar-refractivity contribution in [3.63, 3.8) is 0 Å². The van der Waals surface area contributed by atoms with Gasteiger partial charge in [-0.1, -0.05) is 17.7 Å². The van der Waals surface area contributed by atoms with Crippen molar-refractivity contribution < 1.29 is 4.79 Å². The van der Waals surface area contributed by atoms with Crippen LogP contribution < -0.4 is 11.1 Å². The number of rotatable bonds is 4. The van der Waals surface area contributed by atoms with Crippen LogP contribution in [-0.2, 0) is 6.54 Å². The van der Waals surface area contributed by atoms with Crippen molar-refractivity contribution in [1.82, 2.24) is 4.98 Å². The molecule has 5 heteroatoms. The Kier molecular flexibility index (Phi) is 3.79. The second-order valence-corrected chi connectivity index (χ2v) is 4.14. The molecule has 3 N–H and O–H groups in total. The fourth-order valence-corrected chi connectivity index (χ4v) is 1.79. The van der Waals surface area contributed by atoms with Gasteiger partial charge in [0.25, 0.3) is 0 Å². The zero-order valence-corrected chi connectivity index (χ0v) is 10.3. The Labute approximate surface area is 110 Å². The van der Waals surface area contributed by atoms with Crippen molar-refractivity contribution in [1.29, 1.82) is 0 Å². The Morgan fingerprint density at radius 2 is 2.17 bits per heavy atom. The second kappa shape index (κ2) is 5.51. The van der Waals surface area contributed by atoms with Crippen LogP contribution in [0.15, 0.2) is 42.6 Å². The number of nitrogens with two attached hydrogens (primary N) is 1. The minimum atomic E-state index is -0.531. The quantitative estimate of drug-likeness (QED) is 0.888. The van der Waals surface area contributed by atoms with Crippen LogP contribution in [0.4, 0.5) is 5.69 Å². The fourth-order valence-electron chi connectivity index (χ4n) is 1.52. The van der Waals surface area contributed by atoms with E-state index in [1.165, 1.54) is 0 Å². The molecule has 0 spiro atoms. The number of nitrogens with zero attached hydrogens (tertiary/aromatic N) is 1. The van der Waals surface area contributed by atoms with Crippen molar-refractivity contribution in [3.8, 4) is 0 Å². The molecule has 0 aliphatic heterocycles. The Bertz CT molecular complexity index is 557. The zero-order chi connectivity index (χ0) is 13.0. The van der Waals surface area contributed by atoms with Crippen LogP contribution in [0, 0.1) is 0 Å². The minimum Gasteiger partial charge on any atom is -0.379 e. The van der Waals surface area contributed by atoms with Crippen LogP contribution in [0.5, 0.6) is 0 Å². The summed E-state index contributed by atoms with van der Waals surface area (Å²) < 4.78 is 0. The van der Waals surface area contributed by atoms with Crippen molar-refractivity contribution in [3.05, 3.63) is 58.9 Å². The van der Waals surface area contributed by atoms with Crippen molar-refractivity contribution in [2.24, 2.45) is 5.73 Å². The first-order valence-corrected chi connectivity index (χ1v) is 5.78. The topological polar surface area (TPSA) is 68.0 Å². The number of pyridine rings is 1. The standard InChI is InChI=1S/C13H12ClN3O/c14-12-7-9(4-5-11(12)13(15)18)17-8-10-3-1-2-6-16-10/h1-7,17H,8H2,(H2,15,18). The fraction of sp³-hybridized carbons (Fsp3) is 0.0769. The summed E-state index contributed by atoms with van der Waals surface area (Å²) in [5.74, 6) is -0.531. The van der Waals surface area contributed by atoms with Gasteiger partial charge in [0.15, 0.2) is 0 Å². The maximum absolute atomic E-state index is 11.0. The number of amides is 1. The largest absolute Gasteiger partial charge is 0.379 e. The maximum Gasteiger partial charge on any atom is 0.250 e. The van der Waals surface area contributed by atoms with Crippen LogP contribution in [-0.4, -0.2) is 10.9 Å². The Morgan fingerprint density at radius 3 is 2.78 bits per heavy atom. The van der Waals surface area contributed by atoms with E-state index in [1.54, 1.807) is 24.4 Å². The van der Waals surface area contributed by atoms with Gasteiger partial charge < -0.3 is 11.1 Å². The van der Waals surface area contributed by atoms with E-state index >= 15 is 0 Å². The van der Waals surface area contributed by atoms with Gasteiger partial charge in [-0.15, -0.1) is 0 Å². The van der Waals surface area contributed by atoms with Gasteiger partial charge in [-0.2, -0.15) is 0 Å². The summed E-state index contributed by atoms with van der Waals surface area (Å²) in [7, 11) is 0. The summed E-state index contributed by atoms with van der Waals surface area (Å²) in [6.45, 7) is 0.590. The van der Waals surface area contributed by atoms with E-state index in [9.17, 15) is 4.79 Å². The molecule has 18 heavy (non-hydrogen) atoms. The Hall–Kier alpha value is -2.07. The first-order chi connectivity index (χ1) is 8.66. The predicted octanol–water partition coefficient (Wildman–Crippen LogP) is 2.45. The van der Waals surface area contributed by atoms with Gasteiger partial charge in [0.2, 0.25) is 5.91 Å². The van der Waals surface area contributed by atoms with E-state index in [2.05, 4.69) is 10.3 Å². The summed E-state index contributed by atoms with van der Waals surface area (Å²) >= 11 is 5.95. The average molecular weight is 262 g/mol. The van der Waals surface area contributed by atoms with E-state index in [1.807, 2.05) is 18.2 Å².